The van der Waals surface area contributed by atoms with Gasteiger partial charge in [-0.25, -0.2) is 9.59 Å². The van der Waals surface area contributed by atoms with Crippen LogP contribution < -0.4 is 10.1 Å². The molecule has 0 heterocycles. The summed E-state index contributed by atoms with van der Waals surface area (Å²) in [5.41, 5.74) is 1.38. The zero-order valence-corrected chi connectivity index (χ0v) is 13.7. The van der Waals surface area contributed by atoms with Crippen LogP contribution in [0.1, 0.15) is 31.8 Å². The molecule has 0 atom stereocenters. The van der Waals surface area contributed by atoms with E-state index >= 15 is 0 Å². The minimum Gasteiger partial charge on any atom is -0.483 e. The minimum atomic E-state index is -1.29. The van der Waals surface area contributed by atoms with E-state index in [1.165, 1.54) is 12.1 Å². The van der Waals surface area contributed by atoms with Gasteiger partial charge in [-0.15, -0.1) is 0 Å². The monoisotopic (exact) mass is 343 g/mol. The van der Waals surface area contributed by atoms with Crippen LogP contribution in [0.5, 0.6) is 5.75 Å². The highest BCUT2D eigenvalue weighted by Crippen LogP contribution is 2.22. The lowest BCUT2D eigenvalue weighted by Gasteiger charge is -2.12. The highest BCUT2D eigenvalue weighted by molar-refractivity contribution is 5.98. The maximum Gasteiger partial charge on any atom is 0.335 e. The molecule has 7 heteroatoms. The molecule has 0 radical (unpaired) electrons. The Kier molecular flexibility index (Phi) is 5.38. The number of hydrogen-bond donors (Lipinski definition) is 3. The SMILES string of the molecule is Cc1cccc(C)c1OCC(=O)Nc1cc(C(=O)O)cc(C(=O)O)c1. The van der Waals surface area contributed by atoms with Crippen molar-refractivity contribution in [1.29, 1.82) is 0 Å². The zero-order valence-electron chi connectivity index (χ0n) is 13.7. The molecule has 2 aromatic carbocycles. The number of hydrogen-bond acceptors (Lipinski definition) is 4. The van der Waals surface area contributed by atoms with Crippen LogP contribution in [0.15, 0.2) is 36.4 Å². The van der Waals surface area contributed by atoms with Crippen molar-refractivity contribution in [3.63, 3.8) is 0 Å². The molecule has 130 valence electrons. The van der Waals surface area contributed by atoms with Crippen LogP contribution in [0, 0.1) is 13.8 Å². The van der Waals surface area contributed by atoms with Gasteiger partial charge in [-0.05, 0) is 43.2 Å². The van der Waals surface area contributed by atoms with Crippen LogP contribution in [-0.4, -0.2) is 34.7 Å². The number of carboxylic acids is 2. The van der Waals surface area contributed by atoms with Gasteiger partial charge in [0.05, 0.1) is 11.1 Å². The molecule has 25 heavy (non-hydrogen) atoms. The molecule has 1 amide bonds. The van der Waals surface area contributed by atoms with E-state index in [-0.39, 0.29) is 23.4 Å². The van der Waals surface area contributed by atoms with Crippen LogP contribution in [-0.2, 0) is 4.79 Å². The zero-order chi connectivity index (χ0) is 18.6. The number of rotatable bonds is 6. The van der Waals surface area contributed by atoms with E-state index in [4.69, 9.17) is 14.9 Å². The predicted octanol–water partition coefficient (Wildman–Crippen LogP) is 2.72. The first kappa shape index (κ1) is 18.0. The summed E-state index contributed by atoms with van der Waals surface area (Å²) in [5.74, 6) is -2.50. The summed E-state index contributed by atoms with van der Waals surface area (Å²) in [6.45, 7) is 3.43. The van der Waals surface area contributed by atoms with Crippen LogP contribution in [0.3, 0.4) is 0 Å². The van der Waals surface area contributed by atoms with E-state index < -0.39 is 17.8 Å². The summed E-state index contributed by atoms with van der Waals surface area (Å²) in [4.78, 5) is 34.2. The Balaban J connectivity index is 2.12. The van der Waals surface area contributed by atoms with E-state index in [1.807, 2.05) is 32.0 Å². The lowest BCUT2D eigenvalue weighted by atomic mass is 10.1. The van der Waals surface area contributed by atoms with E-state index in [9.17, 15) is 14.4 Å². The van der Waals surface area contributed by atoms with Crippen LogP contribution in [0.25, 0.3) is 0 Å². The van der Waals surface area contributed by atoms with Crippen molar-refractivity contribution in [3.05, 3.63) is 58.7 Å². The van der Waals surface area contributed by atoms with Gasteiger partial charge in [0.25, 0.3) is 5.91 Å². The van der Waals surface area contributed by atoms with Crippen molar-refractivity contribution in [1.82, 2.24) is 0 Å². The molecule has 2 aromatic rings. The molecule has 7 nitrogen and oxygen atoms in total. The second-order valence-corrected chi connectivity index (χ2v) is 5.47. The van der Waals surface area contributed by atoms with Gasteiger partial charge in [0, 0.05) is 5.69 Å². The quantitative estimate of drug-likeness (QED) is 0.743. The Bertz CT molecular complexity index is 791. The van der Waals surface area contributed by atoms with Crippen molar-refractivity contribution in [2.24, 2.45) is 0 Å². The Morgan fingerprint density at radius 3 is 1.96 bits per heavy atom. The molecular weight excluding hydrogens is 326 g/mol. The lowest BCUT2D eigenvalue weighted by molar-refractivity contribution is -0.118. The van der Waals surface area contributed by atoms with Crippen molar-refractivity contribution in [3.8, 4) is 5.75 Å². The summed E-state index contributed by atoms with van der Waals surface area (Å²) < 4.78 is 5.51. The molecule has 0 aliphatic carbocycles. The summed E-state index contributed by atoms with van der Waals surface area (Å²) in [5, 5.41) is 20.5. The summed E-state index contributed by atoms with van der Waals surface area (Å²) in [6, 6.07) is 8.98. The number of para-hydroxylation sites is 1. The second kappa shape index (κ2) is 7.48. The molecule has 0 unspecified atom stereocenters. The average Bonchev–Trinajstić information content (AvgIpc) is 2.54. The lowest BCUT2D eigenvalue weighted by Crippen LogP contribution is -2.21. The number of aryl methyl sites for hydroxylation is 2. The minimum absolute atomic E-state index is 0.0763. The normalized spacial score (nSPS) is 10.2. The number of carbonyl (C=O) groups excluding carboxylic acids is 1. The molecule has 0 bridgehead atoms. The van der Waals surface area contributed by atoms with Gasteiger partial charge in [0.1, 0.15) is 5.75 Å². The Hall–Kier alpha value is -3.35. The van der Waals surface area contributed by atoms with E-state index in [1.54, 1.807) is 0 Å². The number of amides is 1. The molecule has 3 N–H and O–H groups in total. The first-order chi connectivity index (χ1) is 11.8. The molecule has 0 saturated heterocycles. The van der Waals surface area contributed by atoms with Gasteiger partial charge in [0.2, 0.25) is 0 Å². The molecule has 0 aliphatic rings. The third-order valence-corrected chi connectivity index (χ3v) is 3.47. The molecule has 0 spiro atoms. The number of nitrogens with one attached hydrogen (secondary N) is 1. The van der Waals surface area contributed by atoms with Gasteiger partial charge in [0.15, 0.2) is 6.61 Å². The molecule has 0 fully saturated rings. The Morgan fingerprint density at radius 1 is 0.960 bits per heavy atom. The first-order valence-electron chi connectivity index (χ1n) is 7.38. The molecule has 0 aromatic heterocycles. The standard InChI is InChI=1S/C18H17NO6/c1-10-4-3-5-11(2)16(10)25-9-15(20)19-14-7-12(17(21)22)6-13(8-14)18(23)24/h3-8H,9H2,1-2H3,(H,19,20)(H,21,22)(H,23,24). The highest BCUT2D eigenvalue weighted by atomic mass is 16.5. The average molecular weight is 343 g/mol. The van der Waals surface area contributed by atoms with Crippen LogP contribution in [0.2, 0.25) is 0 Å². The number of ether oxygens (including phenoxy) is 1. The van der Waals surface area contributed by atoms with Gasteiger partial charge in [-0.3, -0.25) is 4.79 Å². The van der Waals surface area contributed by atoms with Gasteiger partial charge < -0.3 is 20.3 Å². The summed E-state index contributed by atoms with van der Waals surface area (Å²) >= 11 is 0. The fraction of sp³-hybridized carbons (Fsp3) is 0.167. The van der Waals surface area contributed by atoms with Crippen molar-refractivity contribution < 1.29 is 29.3 Å². The number of benzene rings is 2. The van der Waals surface area contributed by atoms with Gasteiger partial charge >= 0.3 is 11.9 Å². The van der Waals surface area contributed by atoms with Crippen LogP contribution >= 0.6 is 0 Å². The fourth-order valence-corrected chi connectivity index (χ4v) is 2.31. The van der Waals surface area contributed by atoms with E-state index in [0.29, 0.717) is 5.75 Å². The van der Waals surface area contributed by atoms with Gasteiger partial charge in [-0.2, -0.15) is 0 Å². The van der Waals surface area contributed by atoms with Crippen molar-refractivity contribution in [2.45, 2.75) is 13.8 Å². The highest BCUT2D eigenvalue weighted by Gasteiger charge is 2.13. The second-order valence-electron chi connectivity index (χ2n) is 5.47. The first-order valence-corrected chi connectivity index (χ1v) is 7.38. The largest absolute Gasteiger partial charge is 0.483 e. The van der Waals surface area contributed by atoms with E-state index in [2.05, 4.69) is 5.32 Å². The van der Waals surface area contributed by atoms with Crippen LogP contribution in [0.4, 0.5) is 5.69 Å². The summed E-state index contributed by atoms with van der Waals surface area (Å²) in [7, 11) is 0. The summed E-state index contributed by atoms with van der Waals surface area (Å²) in [6.07, 6.45) is 0. The number of anilines is 1. The molecule has 0 aliphatic heterocycles. The Labute approximate surface area is 143 Å². The third kappa shape index (κ3) is 4.57. The molecular formula is C18H17NO6. The maximum atomic E-state index is 12.0. The smallest absolute Gasteiger partial charge is 0.335 e. The fourth-order valence-electron chi connectivity index (χ4n) is 2.31. The number of carbonyl (C=O) groups is 3. The number of aromatic carboxylic acids is 2. The van der Waals surface area contributed by atoms with E-state index in [0.717, 1.165) is 17.2 Å². The molecule has 0 saturated carbocycles. The van der Waals surface area contributed by atoms with Gasteiger partial charge in [-0.1, -0.05) is 18.2 Å². The maximum absolute atomic E-state index is 12.0. The third-order valence-electron chi connectivity index (χ3n) is 3.47. The van der Waals surface area contributed by atoms with Crippen molar-refractivity contribution >= 4 is 23.5 Å². The Morgan fingerprint density at radius 2 is 1.48 bits per heavy atom. The topological polar surface area (TPSA) is 113 Å². The number of carboxylic acid groups (broad SMARTS) is 2. The van der Waals surface area contributed by atoms with Crippen molar-refractivity contribution in [2.75, 3.05) is 11.9 Å². The molecule has 2 rings (SSSR count). The predicted molar refractivity (Wildman–Crippen MR) is 90.4 cm³/mol.